The molecule has 4 aromatic heterocycles. The van der Waals surface area contributed by atoms with Crippen LogP contribution in [0, 0.1) is 19.7 Å². The molecule has 0 spiro atoms. The van der Waals surface area contributed by atoms with Gasteiger partial charge in [-0.2, -0.15) is 0 Å². The molecular weight excluding hydrogens is 577 g/mol. The number of pyridine rings is 1. The molecule has 220 valence electrons. The van der Waals surface area contributed by atoms with E-state index in [2.05, 4.69) is 31.8 Å². The number of hydrogen-bond donors (Lipinski definition) is 2. The molecule has 0 saturated heterocycles. The highest BCUT2D eigenvalue weighted by Crippen LogP contribution is 2.50. The van der Waals surface area contributed by atoms with E-state index in [0.29, 0.717) is 44.7 Å². The van der Waals surface area contributed by atoms with Crippen LogP contribution in [-0.2, 0) is 18.3 Å². The van der Waals surface area contributed by atoms with Crippen molar-refractivity contribution < 1.29 is 18.0 Å². The Morgan fingerprint density at radius 2 is 2.05 bits per heavy atom. The Labute approximate surface area is 261 Å². The minimum Gasteiger partial charge on any atom is -0.421 e. The van der Waals surface area contributed by atoms with Crippen LogP contribution in [0.5, 0.6) is 11.8 Å². The Balaban J connectivity index is 1.53. The average Bonchev–Trinajstić information content (AvgIpc) is 3.68. The fraction of sp³-hybridized carbons (Fsp3) is 0.121. The Hall–Kier alpha value is -5.42. The number of aryl methyl sites for hydroxylation is 3. The van der Waals surface area contributed by atoms with Gasteiger partial charge in [0.05, 0.1) is 16.7 Å². The highest BCUT2D eigenvalue weighted by atomic mass is 32.1. The number of nitrogens with zero attached hydrogens (tertiary/aromatic N) is 5. The van der Waals surface area contributed by atoms with Crippen LogP contribution in [0.25, 0.3) is 42.9 Å². The fourth-order valence-corrected chi connectivity index (χ4v) is 6.34. The normalized spacial score (nSPS) is 12.4. The highest BCUT2D eigenvalue weighted by Gasteiger charge is 2.24. The lowest BCUT2D eigenvalue weighted by molar-refractivity contribution is -0.116. The summed E-state index contributed by atoms with van der Waals surface area (Å²) >= 11 is 1.41. The van der Waals surface area contributed by atoms with Crippen LogP contribution in [0.3, 0.4) is 0 Å². The maximum Gasteiger partial charge on any atom is 0.322 e. The maximum absolute atomic E-state index is 15.7. The monoisotopic (exact) mass is 608 g/mol. The number of carbonyl (C=O) groups excluding carboxylic acids is 1. The Bertz CT molecular complexity index is 2180. The average molecular weight is 609 g/mol. The van der Waals surface area contributed by atoms with E-state index in [1.54, 1.807) is 25.3 Å². The molecule has 9 nitrogen and oxygen atoms in total. The number of halogens is 1. The zero-order valence-corrected chi connectivity index (χ0v) is 24.6. The van der Waals surface area contributed by atoms with Crippen molar-refractivity contribution in [3.05, 3.63) is 103 Å². The van der Waals surface area contributed by atoms with Crippen LogP contribution in [-0.4, -0.2) is 30.4 Å². The van der Waals surface area contributed by atoms with Gasteiger partial charge >= 0.3 is 6.01 Å². The summed E-state index contributed by atoms with van der Waals surface area (Å²) in [6.07, 6.45) is 7.00. The SMILES string of the molecule is [2H]C([2H])([2H])n1cnc(-c2cnc(N)c3c(-c4ccc(Oc5nccc(C)n5)c(F)c4)c(-c4ccc(CNC(=O)C=C)cc4C)sc23)c1. The summed E-state index contributed by atoms with van der Waals surface area (Å²) in [6.45, 7) is 5.12. The van der Waals surface area contributed by atoms with Crippen LogP contribution in [0.1, 0.15) is 20.9 Å². The van der Waals surface area contributed by atoms with Gasteiger partial charge in [0.25, 0.3) is 0 Å². The molecule has 4 heterocycles. The van der Waals surface area contributed by atoms with Gasteiger partial charge in [-0.3, -0.25) is 4.79 Å². The number of amides is 1. The predicted molar refractivity (Wildman–Crippen MR) is 171 cm³/mol. The molecule has 3 N–H and O–H groups in total. The largest absolute Gasteiger partial charge is 0.421 e. The van der Waals surface area contributed by atoms with Gasteiger partial charge in [0, 0.05) is 63.3 Å². The summed E-state index contributed by atoms with van der Waals surface area (Å²) in [7, 11) is 0. The molecule has 0 saturated carbocycles. The van der Waals surface area contributed by atoms with Gasteiger partial charge in [0.15, 0.2) is 11.6 Å². The van der Waals surface area contributed by atoms with Crippen molar-refractivity contribution in [2.24, 2.45) is 6.98 Å². The lowest BCUT2D eigenvalue weighted by Gasteiger charge is -2.12. The summed E-state index contributed by atoms with van der Waals surface area (Å²) in [5, 5.41) is 3.35. The number of ether oxygens (including phenoxy) is 1. The highest BCUT2D eigenvalue weighted by molar-refractivity contribution is 7.23. The number of imidazole rings is 1. The summed E-state index contributed by atoms with van der Waals surface area (Å²) in [5.41, 5.74) is 12.0. The zero-order valence-electron chi connectivity index (χ0n) is 26.8. The maximum atomic E-state index is 15.7. The van der Waals surface area contributed by atoms with Crippen LogP contribution in [0.2, 0.25) is 0 Å². The van der Waals surface area contributed by atoms with Gasteiger partial charge in [-0.05, 0) is 60.4 Å². The van der Waals surface area contributed by atoms with E-state index in [-0.39, 0.29) is 23.5 Å². The molecule has 0 atom stereocenters. The molecule has 0 radical (unpaired) electrons. The van der Waals surface area contributed by atoms with Crippen LogP contribution in [0.15, 0.2) is 80.0 Å². The molecule has 0 fully saturated rings. The third kappa shape index (κ3) is 5.52. The van der Waals surface area contributed by atoms with E-state index < -0.39 is 12.8 Å². The van der Waals surface area contributed by atoms with Crippen molar-refractivity contribution >= 4 is 33.1 Å². The van der Waals surface area contributed by atoms with Crippen LogP contribution >= 0.6 is 11.3 Å². The van der Waals surface area contributed by atoms with E-state index >= 15 is 4.39 Å². The minimum atomic E-state index is -2.41. The number of rotatable bonds is 8. The molecular formula is C33H28FN7O2S. The van der Waals surface area contributed by atoms with Gasteiger partial charge in [0.2, 0.25) is 5.91 Å². The molecule has 11 heteroatoms. The topological polar surface area (TPSA) is 121 Å². The quantitative estimate of drug-likeness (QED) is 0.183. The number of nitrogens with one attached hydrogen (secondary N) is 1. The first-order valence-electron chi connectivity index (χ1n) is 15.0. The number of nitrogens with two attached hydrogens (primary N) is 1. The number of anilines is 1. The Kier molecular flexibility index (Phi) is 6.67. The molecule has 0 aliphatic carbocycles. The number of nitrogen functional groups attached to an aromatic ring is 1. The van der Waals surface area contributed by atoms with Crippen LogP contribution in [0.4, 0.5) is 10.2 Å². The van der Waals surface area contributed by atoms with E-state index in [9.17, 15) is 4.79 Å². The molecule has 1 amide bonds. The first-order valence-corrected chi connectivity index (χ1v) is 14.3. The van der Waals surface area contributed by atoms with Crippen molar-refractivity contribution in [2.75, 3.05) is 5.73 Å². The van der Waals surface area contributed by atoms with Gasteiger partial charge in [-0.1, -0.05) is 30.8 Å². The molecule has 0 unspecified atom stereocenters. The lowest BCUT2D eigenvalue weighted by atomic mass is 9.95. The van der Waals surface area contributed by atoms with Crippen molar-refractivity contribution in [1.82, 2.24) is 29.8 Å². The van der Waals surface area contributed by atoms with Crippen LogP contribution < -0.4 is 15.8 Å². The zero-order chi connectivity index (χ0) is 33.5. The number of aromatic nitrogens is 5. The second-order valence-corrected chi connectivity index (χ2v) is 11.1. The second-order valence-electron chi connectivity index (χ2n) is 10.0. The molecule has 6 rings (SSSR count). The molecule has 0 aliphatic heterocycles. The lowest BCUT2D eigenvalue weighted by Crippen LogP contribution is -2.19. The smallest absolute Gasteiger partial charge is 0.322 e. The molecule has 6 aromatic rings. The summed E-state index contributed by atoms with van der Waals surface area (Å²) in [5.74, 6) is -0.753. The number of carbonyl (C=O) groups is 1. The first-order chi connectivity index (χ1) is 22.4. The predicted octanol–water partition coefficient (Wildman–Crippen LogP) is 6.75. The van der Waals surface area contributed by atoms with E-state index in [4.69, 9.17) is 14.6 Å². The molecule has 44 heavy (non-hydrogen) atoms. The number of thiophene rings is 1. The first kappa shape index (κ1) is 25.1. The van der Waals surface area contributed by atoms with Crippen molar-refractivity contribution in [3.63, 3.8) is 0 Å². The van der Waals surface area contributed by atoms with Gasteiger partial charge < -0.3 is 20.4 Å². The number of hydrogen-bond acceptors (Lipinski definition) is 8. The van der Waals surface area contributed by atoms with E-state index in [0.717, 1.165) is 26.1 Å². The Morgan fingerprint density at radius 3 is 2.77 bits per heavy atom. The molecule has 0 aliphatic rings. The Morgan fingerprint density at radius 1 is 1.18 bits per heavy atom. The summed E-state index contributed by atoms with van der Waals surface area (Å²) < 4.78 is 46.4. The van der Waals surface area contributed by atoms with Crippen molar-refractivity contribution in [1.29, 1.82) is 0 Å². The fourth-order valence-electron chi connectivity index (χ4n) is 4.90. The third-order valence-electron chi connectivity index (χ3n) is 6.98. The molecule has 0 bridgehead atoms. The second kappa shape index (κ2) is 11.7. The number of benzene rings is 2. The van der Waals surface area contributed by atoms with Gasteiger partial charge in [0.1, 0.15) is 5.82 Å². The summed E-state index contributed by atoms with van der Waals surface area (Å²) in [4.78, 5) is 29.6. The third-order valence-corrected chi connectivity index (χ3v) is 8.24. The molecule has 2 aromatic carbocycles. The minimum absolute atomic E-state index is 0.0212. The van der Waals surface area contributed by atoms with E-state index in [1.807, 2.05) is 25.1 Å². The van der Waals surface area contributed by atoms with Crippen molar-refractivity contribution in [3.8, 4) is 44.6 Å². The summed E-state index contributed by atoms with van der Waals surface area (Å²) in [6, 6.07) is 12.1. The van der Waals surface area contributed by atoms with Gasteiger partial charge in [-0.25, -0.2) is 24.3 Å². The number of fused-ring (bicyclic) bond motifs is 1. The van der Waals surface area contributed by atoms with Crippen molar-refractivity contribution in [2.45, 2.75) is 20.4 Å². The van der Waals surface area contributed by atoms with Gasteiger partial charge in [-0.15, -0.1) is 11.3 Å². The van der Waals surface area contributed by atoms with E-state index in [1.165, 1.54) is 48.3 Å². The standard InChI is InChI=1S/C33H28FN7O2S/c1-5-27(42)37-14-20-6-8-22(18(2)12-20)30-28(21-7-9-26(24(34)13-21)43-33-36-11-10-19(3)40-33)29-31(44-30)23(15-38-32(29)35)25-16-41(4)17-39-25/h5-13,15-17H,1,14H2,2-4H3,(H2,35,38)(H,37,42)/i4D3.